The van der Waals surface area contributed by atoms with Crippen LogP contribution >= 0.6 is 0 Å². The van der Waals surface area contributed by atoms with Gasteiger partial charge in [0.2, 0.25) is 0 Å². The summed E-state index contributed by atoms with van der Waals surface area (Å²) in [6, 6.07) is 0. The minimum Gasteiger partial charge on any atom is -0.396 e. The van der Waals surface area contributed by atoms with Crippen molar-refractivity contribution in [2.45, 2.75) is 38.8 Å². The van der Waals surface area contributed by atoms with E-state index < -0.39 is 17.1 Å². The zero-order valence-corrected chi connectivity index (χ0v) is 12.3. The van der Waals surface area contributed by atoms with Gasteiger partial charge in [0.1, 0.15) is 0 Å². The largest absolute Gasteiger partial charge is 0.396 e. The lowest BCUT2D eigenvalue weighted by molar-refractivity contribution is 0.216. The Hall–Kier alpha value is -1.71. The third-order valence-corrected chi connectivity index (χ3v) is 3.77. The molecule has 2 aliphatic heterocycles. The van der Waals surface area contributed by atoms with Crippen LogP contribution in [0.3, 0.4) is 0 Å². The highest BCUT2D eigenvalue weighted by Crippen LogP contribution is 2.10. The van der Waals surface area contributed by atoms with Gasteiger partial charge in [0, 0.05) is 13.2 Å². The number of aromatic nitrogens is 3. The monoisotopic (exact) mass is 313 g/mol. The first-order valence-electron chi connectivity index (χ1n) is 7.29. The van der Waals surface area contributed by atoms with E-state index >= 15 is 0 Å². The Bertz CT molecular complexity index is 673. The molecule has 0 bridgehead atoms. The molecule has 9 heteroatoms. The molecule has 9 nitrogen and oxygen atoms in total. The second kappa shape index (κ2) is 5.82. The number of hydrogen-bond acceptors (Lipinski definition) is 6. The Morgan fingerprint density at radius 3 is 1.77 bits per heavy atom. The fourth-order valence-electron chi connectivity index (χ4n) is 2.27. The molecule has 3 atom stereocenters. The van der Waals surface area contributed by atoms with Crippen LogP contribution in [0.25, 0.3) is 0 Å². The van der Waals surface area contributed by atoms with Gasteiger partial charge in [-0.2, -0.15) is 0 Å². The Labute approximate surface area is 125 Å². The number of epoxide rings is 2. The highest BCUT2D eigenvalue weighted by atomic mass is 16.6. The van der Waals surface area contributed by atoms with Crippen LogP contribution in [0.15, 0.2) is 14.4 Å². The quantitative estimate of drug-likeness (QED) is 0.562. The number of ether oxygens (including phenoxy) is 2. The number of aliphatic hydroxyl groups is 1. The maximum atomic E-state index is 12.4. The maximum absolute atomic E-state index is 12.4. The first-order chi connectivity index (χ1) is 10.5. The molecule has 0 aliphatic carbocycles. The van der Waals surface area contributed by atoms with Crippen LogP contribution in [-0.2, 0) is 29.1 Å². The lowest BCUT2D eigenvalue weighted by Crippen LogP contribution is -2.56. The fourth-order valence-corrected chi connectivity index (χ4v) is 2.27. The zero-order chi connectivity index (χ0) is 15.9. The van der Waals surface area contributed by atoms with Gasteiger partial charge in [-0.15, -0.1) is 0 Å². The van der Waals surface area contributed by atoms with Gasteiger partial charge >= 0.3 is 17.1 Å². The molecule has 0 amide bonds. The zero-order valence-electron chi connectivity index (χ0n) is 12.3. The average molecular weight is 313 g/mol. The van der Waals surface area contributed by atoms with Crippen LogP contribution in [0, 0.1) is 5.92 Å². The van der Waals surface area contributed by atoms with Crippen LogP contribution in [0.2, 0.25) is 0 Å². The average Bonchev–Trinajstić information content (AvgIpc) is 3.39. The molecular weight excluding hydrogens is 294 g/mol. The van der Waals surface area contributed by atoms with Crippen LogP contribution in [-0.4, -0.2) is 50.8 Å². The number of aliphatic hydroxyl groups excluding tert-OH is 1. The summed E-state index contributed by atoms with van der Waals surface area (Å²) in [7, 11) is 0. The molecule has 2 aliphatic rings. The summed E-state index contributed by atoms with van der Waals surface area (Å²) in [6.45, 7) is 2.91. The van der Waals surface area contributed by atoms with Crippen molar-refractivity contribution in [2.24, 2.45) is 5.92 Å². The second-order valence-corrected chi connectivity index (χ2v) is 5.88. The van der Waals surface area contributed by atoms with Gasteiger partial charge < -0.3 is 14.6 Å². The molecule has 3 heterocycles. The van der Waals surface area contributed by atoms with E-state index in [1.807, 2.05) is 0 Å². The molecule has 0 aromatic carbocycles. The van der Waals surface area contributed by atoms with Crippen LogP contribution in [0.1, 0.15) is 6.92 Å². The summed E-state index contributed by atoms with van der Waals surface area (Å²) in [5.41, 5.74) is -1.94. The molecule has 2 saturated heterocycles. The lowest BCUT2D eigenvalue weighted by atomic mass is 10.2. The summed E-state index contributed by atoms with van der Waals surface area (Å²) >= 11 is 0. The van der Waals surface area contributed by atoms with E-state index in [0.29, 0.717) is 13.2 Å². The van der Waals surface area contributed by atoms with E-state index in [0.717, 1.165) is 13.7 Å². The molecule has 1 aromatic rings. The first kappa shape index (κ1) is 15.2. The molecule has 2 fully saturated rings. The molecule has 0 spiro atoms. The van der Waals surface area contributed by atoms with Gasteiger partial charge in [0.05, 0.1) is 38.5 Å². The smallest absolute Gasteiger partial charge is 0.336 e. The van der Waals surface area contributed by atoms with Crippen molar-refractivity contribution in [3.8, 4) is 0 Å². The van der Waals surface area contributed by atoms with Gasteiger partial charge in [0.25, 0.3) is 0 Å². The van der Waals surface area contributed by atoms with Gasteiger partial charge in [-0.25, -0.2) is 28.1 Å². The SMILES string of the molecule is CC(CO)Cn1c(=O)n(CC2CO2)c(=O)n(CC2CO2)c1=O. The normalized spacial score (nSPS) is 24.3. The highest BCUT2D eigenvalue weighted by molar-refractivity contribution is 4.85. The number of nitrogens with zero attached hydrogens (tertiary/aromatic N) is 3. The van der Waals surface area contributed by atoms with Crippen molar-refractivity contribution in [3.05, 3.63) is 31.5 Å². The predicted molar refractivity (Wildman–Crippen MR) is 75.0 cm³/mol. The van der Waals surface area contributed by atoms with Gasteiger partial charge in [-0.3, -0.25) is 0 Å². The Morgan fingerprint density at radius 1 is 1.00 bits per heavy atom. The van der Waals surface area contributed by atoms with Crippen molar-refractivity contribution in [1.82, 2.24) is 13.7 Å². The molecule has 22 heavy (non-hydrogen) atoms. The van der Waals surface area contributed by atoms with E-state index in [1.54, 1.807) is 6.92 Å². The Kier molecular flexibility index (Phi) is 4.02. The fraction of sp³-hybridized carbons (Fsp3) is 0.769. The Morgan fingerprint density at radius 2 is 1.41 bits per heavy atom. The molecule has 0 radical (unpaired) electrons. The minimum atomic E-state index is -0.654. The minimum absolute atomic E-state index is 0.0610. The first-order valence-corrected chi connectivity index (χ1v) is 7.29. The second-order valence-electron chi connectivity index (χ2n) is 5.88. The van der Waals surface area contributed by atoms with Gasteiger partial charge in [-0.1, -0.05) is 6.92 Å². The number of hydrogen-bond donors (Lipinski definition) is 1. The van der Waals surface area contributed by atoms with Crippen molar-refractivity contribution in [3.63, 3.8) is 0 Å². The molecular formula is C13H19N3O6. The molecule has 1 N–H and O–H groups in total. The molecule has 0 saturated carbocycles. The van der Waals surface area contributed by atoms with Crippen molar-refractivity contribution >= 4 is 0 Å². The van der Waals surface area contributed by atoms with E-state index in [-0.39, 0.29) is 44.4 Å². The highest BCUT2D eigenvalue weighted by Gasteiger charge is 2.29. The van der Waals surface area contributed by atoms with E-state index in [4.69, 9.17) is 14.6 Å². The van der Waals surface area contributed by atoms with Crippen LogP contribution < -0.4 is 17.1 Å². The summed E-state index contributed by atoms with van der Waals surface area (Å²) in [5.74, 6) is -0.265. The van der Waals surface area contributed by atoms with E-state index in [1.165, 1.54) is 0 Å². The van der Waals surface area contributed by atoms with Crippen molar-refractivity contribution in [1.29, 1.82) is 0 Å². The molecule has 1 aromatic heterocycles. The molecule has 3 unspecified atom stereocenters. The topological polar surface area (TPSA) is 111 Å². The summed E-state index contributed by atoms with van der Waals surface area (Å²) in [6.07, 6.45) is -0.311. The van der Waals surface area contributed by atoms with Crippen molar-refractivity contribution < 1.29 is 14.6 Å². The van der Waals surface area contributed by atoms with E-state index in [2.05, 4.69) is 0 Å². The van der Waals surface area contributed by atoms with Gasteiger partial charge in [-0.05, 0) is 5.92 Å². The van der Waals surface area contributed by atoms with Gasteiger partial charge in [0.15, 0.2) is 0 Å². The lowest BCUT2D eigenvalue weighted by Gasteiger charge is -2.15. The van der Waals surface area contributed by atoms with E-state index in [9.17, 15) is 14.4 Å². The summed E-state index contributed by atoms with van der Waals surface area (Å²) in [5, 5.41) is 9.15. The maximum Gasteiger partial charge on any atom is 0.336 e. The van der Waals surface area contributed by atoms with Crippen molar-refractivity contribution in [2.75, 3.05) is 19.8 Å². The number of rotatable bonds is 7. The third-order valence-electron chi connectivity index (χ3n) is 3.77. The summed E-state index contributed by atoms with van der Waals surface area (Å²) < 4.78 is 13.2. The Balaban J connectivity index is 2.07. The van der Waals surface area contributed by atoms with Crippen LogP contribution in [0.4, 0.5) is 0 Å². The van der Waals surface area contributed by atoms with Crippen LogP contribution in [0.5, 0.6) is 0 Å². The predicted octanol–water partition coefficient (Wildman–Crippen LogP) is -2.40. The summed E-state index contributed by atoms with van der Waals surface area (Å²) in [4.78, 5) is 37.2. The third kappa shape index (κ3) is 3.06. The molecule has 3 rings (SSSR count). The molecule has 122 valence electrons. The standard InChI is InChI=1S/C13H19N3O6/c1-8(5-17)2-14-11(18)15(3-9-6-21-9)13(20)16(12(14)19)4-10-7-22-10/h8-10,17H,2-7H2,1H3.